The van der Waals surface area contributed by atoms with Crippen molar-refractivity contribution in [2.75, 3.05) is 0 Å². The molecular formula is C66H82F2N2S7. The second-order valence-corrected chi connectivity index (χ2v) is 29.9. The summed E-state index contributed by atoms with van der Waals surface area (Å²) >= 11 is 12.3. The Bertz CT molecular complexity index is 3250. The lowest BCUT2D eigenvalue weighted by Crippen LogP contribution is -2.03. The first kappa shape index (κ1) is 58.5. The van der Waals surface area contributed by atoms with E-state index in [9.17, 15) is 0 Å². The van der Waals surface area contributed by atoms with Gasteiger partial charge in [-0.25, -0.2) is 8.78 Å². The van der Waals surface area contributed by atoms with E-state index in [0.29, 0.717) is 17.8 Å². The van der Waals surface area contributed by atoms with Gasteiger partial charge in [0.25, 0.3) is 0 Å². The Labute approximate surface area is 488 Å². The van der Waals surface area contributed by atoms with Crippen molar-refractivity contribution in [1.82, 2.24) is 9.59 Å². The maximum atomic E-state index is 16.5. The first-order chi connectivity index (χ1) is 37.4. The molecule has 7 heterocycles. The van der Waals surface area contributed by atoms with Crippen LogP contribution in [-0.2, 0) is 25.7 Å². The molecule has 0 saturated carbocycles. The van der Waals surface area contributed by atoms with Crippen LogP contribution < -0.4 is 0 Å². The van der Waals surface area contributed by atoms with Crippen molar-refractivity contribution < 1.29 is 8.78 Å². The predicted octanol–water partition coefficient (Wildman–Crippen LogP) is 24.6. The van der Waals surface area contributed by atoms with Crippen molar-refractivity contribution in [3.05, 3.63) is 90.8 Å². The average Bonchev–Trinajstić information content (AvgIpc) is 4.49. The molecule has 0 saturated heterocycles. The van der Waals surface area contributed by atoms with E-state index in [0.717, 1.165) is 134 Å². The number of hydrogen-bond donors (Lipinski definition) is 0. The minimum absolute atomic E-state index is 0.0773. The first-order valence-corrected chi connectivity index (χ1v) is 35.2. The van der Waals surface area contributed by atoms with Gasteiger partial charge in [-0.2, -0.15) is 0 Å². The molecule has 0 N–H and O–H groups in total. The van der Waals surface area contributed by atoms with E-state index in [1.165, 1.54) is 125 Å². The quantitative estimate of drug-likeness (QED) is 0.0467. The summed E-state index contributed by atoms with van der Waals surface area (Å²) < 4.78 is 41.2. The summed E-state index contributed by atoms with van der Waals surface area (Å²) in [5.74, 6) is 2.06. The Morgan fingerprint density at radius 3 is 1.48 bits per heavy atom. The molecule has 0 amide bonds. The van der Waals surface area contributed by atoms with Gasteiger partial charge in [-0.1, -0.05) is 175 Å². The summed E-state index contributed by atoms with van der Waals surface area (Å²) in [5.41, 5.74) is 8.51. The van der Waals surface area contributed by atoms with Gasteiger partial charge in [0.05, 0.1) is 4.70 Å². The van der Waals surface area contributed by atoms with Gasteiger partial charge in [0.15, 0.2) is 0 Å². The van der Waals surface area contributed by atoms with E-state index in [-0.39, 0.29) is 11.6 Å². The van der Waals surface area contributed by atoms with Crippen molar-refractivity contribution in [2.24, 2.45) is 23.7 Å². The summed E-state index contributed by atoms with van der Waals surface area (Å²) in [6.45, 7) is 22.8. The van der Waals surface area contributed by atoms with Crippen molar-refractivity contribution in [3.8, 4) is 51.5 Å². The van der Waals surface area contributed by atoms with Gasteiger partial charge >= 0.3 is 0 Å². The van der Waals surface area contributed by atoms with E-state index < -0.39 is 0 Å². The number of thiophene rings is 6. The fourth-order valence-corrected chi connectivity index (χ4v) is 19.9. The molecule has 2 aromatic carbocycles. The zero-order valence-corrected chi connectivity index (χ0v) is 53.3. The molecule has 0 bridgehead atoms. The zero-order chi connectivity index (χ0) is 54.3. The highest BCUT2D eigenvalue weighted by atomic mass is 32.1. The number of fused-ring (bicyclic) bond motifs is 3. The number of benzene rings is 2. The number of hydrogen-bond acceptors (Lipinski definition) is 9. The molecule has 0 aliphatic heterocycles. The van der Waals surface area contributed by atoms with Gasteiger partial charge < -0.3 is 0 Å². The maximum Gasteiger partial charge on any atom is 0.137 e. The molecule has 0 aliphatic carbocycles. The monoisotopic (exact) mass is 1160 g/mol. The third-order valence-corrected chi connectivity index (χ3v) is 24.5. The number of halogens is 2. The Kier molecular flexibility index (Phi) is 20.6. The van der Waals surface area contributed by atoms with Gasteiger partial charge in [0, 0.05) is 91.2 Å². The third kappa shape index (κ3) is 13.0. The number of aryl methyl sites for hydroxylation is 2. The van der Waals surface area contributed by atoms with Crippen LogP contribution in [0.3, 0.4) is 0 Å². The molecule has 412 valence electrons. The molecule has 4 atom stereocenters. The minimum Gasteiger partial charge on any atom is -0.206 e. The van der Waals surface area contributed by atoms with Crippen molar-refractivity contribution >= 4 is 110 Å². The summed E-state index contributed by atoms with van der Waals surface area (Å²) in [4.78, 5) is 11.4. The van der Waals surface area contributed by atoms with Crippen LogP contribution in [0.4, 0.5) is 8.78 Å². The van der Waals surface area contributed by atoms with Gasteiger partial charge in [-0.05, 0) is 122 Å². The summed E-state index contributed by atoms with van der Waals surface area (Å²) in [5, 5.41) is 7.22. The minimum atomic E-state index is -0.0773. The molecular weight excluding hydrogens is 1080 g/mol. The molecule has 2 nitrogen and oxygen atoms in total. The van der Waals surface area contributed by atoms with Crippen molar-refractivity contribution in [2.45, 2.75) is 198 Å². The fraction of sp³-hybridized carbons (Fsp3) is 0.515. The fourth-order valence-electron chi connectivity index (χ4n) is 11.8. The molecule has 7 aromatic heterocycles. The normalized spacial score (nSPS) is 13.8. The third-order valence-electron chi connectivity index (χ3n) is 16.7. The summed E-state index contributed by atoms with van der Waals surface area (Å²) in [7, 11) is 0. The van der Waals surface area contributed by atoms with E-state index in [1.807, 2.05) is 46.1 Å². The SMILES string of the molecule is CCCCC(CC)Cc1cc(-c2ccc(-c3cc(CC(CC)CCCC)c(-c4cc5c(-c6cc(F)c(CC(CC)CCCC)s6)c6sc(C)cc6c(-c6cc(F)c(CC(CC)CCCC)s6)c5s4)s3)c3nnsc23)sc1C. The van der Waals surface area contributed by atoms with Gasteiger partial charge in [-0.3, -0.25) is 0 Å². The Morgan fingerprint density at radius 1 is 0.455 bits per heavy atom. The van der Waals surface area contributed by atoms with Crippen LogP contribution in [0.1, 0.15) is 189 Å². The highest BCUT2D eigenvalue weighted by molar-refractivity contribution is 7.28. The van der Waals surface area contributed by atoms with Gasteiger partial charge in [0.2, 0.25) is 0 Å². The van der Waals surface area contributed by atoms with Crippen molar-refractivity contribution in [1.29, 1.82) is 0 Å². The van der Waals surface area contributed by atoms with E-state index in [2.05, 4.69) is 110 Å². The van der Waals surface area contributed by atoms with Crippen molar-refractivity contribution in [3.63, 3.8) is 0 Å². The standard InChI is InChI=1S/C66H82F2N2S7/c1-11-19-23-41(15-5)30-45-34-54(72-40(45)10)48-28-27-47(62-66(48)77-70-69-62)53-35-46(31-42(16-6)24-20-12-2)63(75-53)59-36-50-61(58-38-52(68)56(74-58)33-44(18-8)26-22-14-4)64-49(29-39(9)71-64)60(65(50)76-59)57-37-51(67)55(73-57)32-43(17-7)25-21-13-3/h27-29,34-38,41-44H,11-26,30-33H2,1-10H3. The van der Waals surface area contributed by atoms with Gasteiger partial charge in [-0.15, -0.1) is 73.1 Å². The molecule has 4 unspecified atom stereocenters. The second kappa shape index (κ2) is 27.1. The van der Waals surface area contributed by atoms with E-state index >= 15 is 8.78 Å². The van der Waals surface area contributed by atoms with Crippen LogP contribution in [0.5, 0.6) is 0 Å². The lowest BCUT2D eigenvalue weighted by Gasteiger charge is -2.14. The van der Waals surface area contributed by atoms with Gasteiger partial charge in [0.1, 0.15) is 17.2 Å². The molecule has 0 radical (unpaired) electrons. The molecule has 11 heteroatoms. The number of aromatic nitrogens is 2. The lowest BCUT2D eigenvalue weighted by atomic mass is 9.91. The Hall–Kier alpha value is -3.16. The Morgan fingerprint density at radius 2 is 0.935 bits per heavy atom. The van der Waals surface area contributed by atoms with Crippen LogP contribution in [0.15, 0.2) is 48.5 Å². The highest BCUT2D eigenvalue weighted by Gasteiger charge is 2.29. The summed E-state index contributed by atoms with van der Waals surface area (Å²) in [6.07, 6.45) is 22.5. The number of rotatable bonds is 29. The molecule has 0 aliphatic rings. The molecule has 9 rings (SSSR count). The number of unbranched alkanes of at least 4 members (excludes halogenated alkanes) is 4. The van der Waals surface area contributed by atoms with Crippen LogP contribution in [-0.4, -0.2) is 9.59 Å². The largest absolute Gasteiger partial charge is 0.206 e. The maximum absolute atomic E-state index is 16.5. The molecule has 77 heavy (non-hydrogen) atoms. The second-order valence-electron chi connectivity index (χ2n) is 22.2. The first-order valence-electron chi connectivity index (χ1n) is 29.5. The zero-order valence-electron chi connectivity index (χ0n) is 47.6. The summed E-state index contributed by atoms with van der Waals surface area (Å²) in [6, 6.07) is 18.1. The molecule has 9 aromatic rings. The highest BCUT2D eigenvalue weighted by Crippen LogP contribution is 2.55. The van der Waals surface area contributed by atoms with E-state index in [1.54, 1.807) is 34.0 Å². The Balaban J connectivity index is 1.22. The van der Waals surface area contributed by atoms with Crippen LogP contribution >= 0.6 is 79.6 Å². The van der Waals surface area contributed by atoms with E-state index in [4.69, 9.17) is 5.10 Å². The number of nitrogens with zero attached hydrogens (tertiary/aromatic N) is 2. The topological polar surface area (TPSA) is 25.8 Å². The predicted molar refractivity (Wildman–Crippen MR) is 344 cm³/mol. The van der Waals surface area contributed by atoms with Crippen LogP contribution in [0.25, 0.3) is 81.9 Å². The molecule has 0 fully saturated rings. The smallest absolute Gasteiger partial charge is 0.137 e. The van der Waals surface area contributed by atoms with Crippen LogP contribution in [0.2, 0.25) is 0 Å². The lowest BCUT2D eigenvalue weighted by molar-refractivity contribution is 0.444. The van der Waals surface area contributed by atoms with Crippen LogP contribution in [0, 0.1) is 49.2 Å². The molecule has 0 spiro atoms. The average molecular weight is 1170 g/mol.